The van der Waals surface area contributed by atoms with Crippen molar-refractivity contribution in [3.05, 3.63) is 23.8 Å². The highest BCUT2D eigenvalue weighted by molar-refractivity contribution is 9.09. The number of unbranched alkanes of at least 4 members (excludes halogenated alkanes) is 2. The SMILES string of the molecule is CCOC(=O)C(CCCCCBr)C(=O)c1ccc(OC)c(OC)c1. The molecule has 0 aliphatic rings. The van der Waals surface area contributed by atoms with Gasteiger partial charge in [0.1, 0.15) is 5.92 Å². The summed E-state index contributed by atoms with van der Waals surface area (Å²) in [6.45, 7) is 2.00. The smallest absolute Gasteiger partial charge is 0.316 e. The molecular weight excluding hydrogens is 376 g/mol. The van der Waals surface area contributed by atoms with Crippen LogP contribution in [0.2, 0.25) is 0 Å². The Morgan fingerprint density at radius 3 is 2.38 bits per heavy atom. The summed E-state index contributed by atoms with van der Waals surface area (Å²) in [5.41, 5.74) is 0.422. The molecule has 0 fully saturated rings. The Morgan fingerprint density at radius 1 is 1.08 bits per heavy atom. The standard InChI is InChI=1S/C18H25BrO5/c1-4-24-18(21)14(8-6-5-7-11-19)17(20)13-9-10-15(22-2)16(12-13)23-3/h9-10,12,14H,4-8,11H2,1-3H3. The van der Waals surface area contributed by atoms with Gasteiger partial charge < -0.3 is 14.2 Å². The molecule has 0 saturated heterocycles. The Labute approximate surface area is 151 Å². The number of methoxy groups -OCH3 is 2. The molecule has 1 aromatic carbocycles. The van der Waals surface area contributed by atoms with Gasteiger partial charge in [-0.15, -0.1) is 0 Å². The average Bonchev–Trinajstić information content (AvgIpc) is 2.60. The van der Waals surface area contributed by atoms with Crippen LogP contribution in [0, 0.1) is 5.92 Å². The van der Waals surface area contributed by atoms with Crippen molar-refractivity contribution >= 4 is 27.7 Å². The van der Waals surface area contributed by atoms with Crippen LogP contribution >= 0.6 is 15.9 Å². The maximum atomic E-state index is 12.8. The van der Waals surface area contributed by atoms with Crippen LogP contribution < -0.4 is 9.47 Å². The lowest BCUT2D eigenvalue weighted by Crippen LogP contribution is -2.26. The molecule has 1 aromatic rings. The molecule has 1 atom stereocenters. The molecule has 0 aliphatic heterocycles. The van der Waals surface area contributed by atoms with Gasteiger partial charge in [0, 0.05) is 10.9 Å². The van der Waals surface area contributed by atoms with Crippen LogP contribution in [-0.2, 0) is 9.53 Å². The van der Waals surface area contributed by atoms with Gasteiger partial charge in [-0.3, -0.25) is 9.59 Å². The highest BCUT2D eigenvalue weighted by Gasteiger charge is 2.29. The Hall–Kier alpha value is -1.56. The minimum atomic E-state index is -0.779. The van der Waals surface area contributed by atoms with Gasteiger partial charge in [0.25, 0.3) is 0 Å². The zero-order chi connectivity index (χ0) is 17.9. The lowest BCUT2D eigenvalue weighted by molar-refractivity contribution is -0.146. The summed E-state index contributed by atoms with van der Waals surface area (Å²) in [7, 11) is 3.04. The van der Waals surface area contributed by atoms with Gasteiger partial charge >= 0.3 is 5.97 Å². The Morgan fingerprint density at radius 2 is 1.79 bits per heavy atom. The molecule has 6 heteroatoms. The number of ketones is 1. The van der Waals surface area contributed by atoms with Crippen molar-refractivity contribution in [3.8, 4) is 11.5 Å². The van der Waals surface area contributed by atoms with Crippen LogP contribution in [-0.4, -0.2) is 37.9 Å². The second-order valence-corrected chi connectivity index (χ2v) is 6.07. The lowest BCUT2D eigenvalue weighted by Gasteiger charge is -2.16. The van der Waals surface area contributed by atoms with E-state index in [9.17, 15) is 9.59 Å². The molecule has 0 N–H and O–H groups in total. The maximum absolute atomic E-state index is 12.8. The number of alkyl halides is 1. The molecule has 0 heterocycles. The topological polar surface area (TPSA) is 61.8 Å². The van der Waals surface area contributed by atoms with E-state index < -0.39 is 11.9 Å². The van der Waals surface area contributed by atoms with Crippen LogP contribution in [0.25, 0.3) is 0 Å². The summed E-state index contributed by atoms with van der Waals surface area (Å²) >= 11 is 3.38. The third kappa shape index (κ3) is 5.82. The van der Waals surface area contributed by atoms with Crippen molar-refractivity contribution in [1.29, 1.82) is 0 Å². The number of carbonyl (C=O) groups is 2. The van der Waals surface area contributed by atoms with E-state index in [0.717, 1.165) is 24.6 Å². The van der Waals surface area contributed by atoms with Crippen LogP contribution in [0.15, 0.2) is 18.2 Å². The fourth-order valence-corrected chi connectivity index (χ4v) is 2.81. The van der Waals surface area contributed by atoms with Gasteiger partial charge in [-0.2, -0.15) is 0 Å². The van der Waals surface area contributed by atoms with E-state index in [2.05, 4.69) is 15.9 Å². The van der Waals surface area contributed by atoms with Crippen molar-refractivity contribution in [2.45, 2.75) is 32.6 Å². The van der Waals surface area contributed by atoms with Crippen molar-refractivity contribution in [3.63, 3.8) is 0 Å². The van der Waals surface area contributed by atoms with Crippen molar-refractivity contribution in [2.24, 2.45) is 5.92 Å². The molecule has 0 aromatic heterocycles. The Balaban J connectivity index is 2.95. The fourth-order valence-electron chi connectivity index (χ4n) is 2.41. The van der Waals surface area contributed by atoms with E-state index in [4.69, 9.17) is 14.2 Å². The Kier molecular flexibility index (Phi) is 9.45. The van der Waals surface area contributed by atoms with E-state index in [0.29, 0.717) is 23.5 Å². The van der Waals surface area contributed by atoms with Crippen molar-refractivity contribution in [1.82, 2.24) is 0 Å². The molecule has 0 radical (unpaired) electrons. The molecule has 0 amide bonds. The summed E-state index contributed by atoms with van der Waals surface area (Å²) in [5, 5.41) is 0.917. The van der Waals surface area contributed by atoms with Gasteiger partial charge in [0.2, 0.25) is 0 Å². The summed E-state index contributed by atoms with van der Waals surface area (Å²) in [4.78, 5) is 25.0. The van der Waals surface area contributed by atoms with Gasteiger partial charge in [0.15, 0.2) is 17.3 Å². The van der Waals surface area contributed by atoms with E-state index in [-0.39, 0.29) is 12.4 Å². The van der Waals surface area contributed by atoms with Crippen LogP contribution in [0.5, 0.6) is 11.5 Å². The molecule has 0 spiro atoms. The van der Waals surface area contributed by atoms with Crippen LogP contribution in [0.4, 0.5) is 0 Å². The molecule has 1 rings (SSSR count). The number of benzene rings is 1. The zero-order valence-electron chi connectivity index (χ0n) is 14.5. The number of carbonyl (C=O) groups excluding carboxylic acids is 2. The van der Waals surface area contributed by atoms with E-state index in [1.165, 1.54) is 14.2 Å². The molecule has 0 saturated carbocycles. The van der Waals surface area contributed by atoms with E-state index in [1.807, 2.05) is 0 Å². The van der Waals surface area contributed by atoms with Gasteiger partial charge in [0.05, 0.1) is 20.8 Å². The molecule has 24 heavy (non-hydrogen) atoms. The van der Waals surface area contributed by atoms with Gasteiger partial charge in [-0.1, -0.05) is 28.8 Å². The predicted octanol–water partition coefficient (Wildman–Crippen LogP) is 4.02. The molecular formula is C18H25BrO5. The summed E-state index contributed by atoms with van der Waals surface area (Å²) in [5.74, 6) is -0.480. The second kappa shape index (κ2) is 11.1. The van der Waals surface area contributed by atoms with Crippen LogP contribution in [0.1, 0.15) is 43.0 Å². The molecule has 1 unspecified atom stereocenters. The van der Waals surface area contributed by atoms with Crippen molar-refractivity contribution < 1.29 is 23.8 Å². The number of hydrogen-bond acceptors (Lipinski definition) is 5. The number of halogens is 1. The number of esters is 1. The number of ether oxygens (including phenoxy) is 3. The highest BCUT2D eigenvalue weighted by Crippen LogP contribution is 2.29. The number of rotatable bonds is 11. The molecule has 5 nitrogen and oxygen atoms in total. The lowest BCUT2D eigenvalue weighted by atomic mass is 9.92. The summed E-state index contributed by atoms with van der Waals surface area (Å²) < 4.78 is 15.5. The predicted molar refractivity (Wildman–Crippen MR) is 96.3 cm³/mol. The highest BCUT2D eigenvalue weighted by atomic mass is 79.9. The third-order valence-corrected chi connectivity index (χ3v) is 4.24. The minimum absolute atomic E-state index is 0.242. The largest absolute Gasteiger partial charge is 0.493 e. The second-order valence-electron chi connectivity index (χ2n) is 5.28. The molecule has 0 bridgehead atoms. The Bertz CT molecular complexity index is 544. The number of Topliss-reactive ketones (excluding diaryl/α,β-unsaturated/α-hetero) is 1. The van der Waals surface area contributed by atoms with E-state index in [1.54, 1.807) is 25.1 Å². The monoisotopic (exact) mass is 400 g/mol. The zero-order valence-corrected chi connectivity index (χ0v) is 16.1. The first kappa shape index (κ1) is 20.5. The third-order valence-electron chi connectivity index (χ3n) is 3.68. The van der Waals surface area contributed by atoms with E-state index >= 15 is 0 Å². The summed E-state index contributed by atoms with van der Waals surface area (Å²) in [6.07, 6.45) is 3.26. The normalized spacial score (nSPS) is 11.7. The van der Waals surface area contributed by atoms with Gasteiger partial charge in [-0.05, 0) is 38.0 Å². The van der Waals surface area contributed by atoms with Crippen molar-refractivity contribution in [2.75, 3.05) is 26.2 Å². The van der Waals surface area contributed by atoms with Crippen LogP contribution in [0.3, 0.4) is 0 Å². The molecule has 0 aliphatic carbocycles. The first-order valence-electron chi connectivity index (χ1n) is 8.07. The first-order valence-corrected chi connectivity index (χ1v) is 9.20. The summed E-state index contributed by atoms with van der Waals surface area (Å²) in [6, 6.07) is 4.92. The first-order chi connectivity index (χ1) is 11.6. The fraction of sp³-hybridized carbons (Fsp3) is 0.556. The average molecular weight is 401 g/mol. The minimum Gasteiger partial charge on any atom is -0.493 e. The maximum Gasteiger partial charge on any atom is 0.316 e. The number of hydrogen-bond donors (Lipinski definition) is 0. The quantitative estimate of drug-likeness (QED) is 0.184. The molecule has 134 valence electrons. The van der Waals surface area contributed by atoms with Gasteiger partial charge in [-0.25, -0.2) is 0 Å².